The van der Waals surface area contributed by atoms with E-state index in [0.29, 0.717) is 0 Å². The summed E-state index contributed by atoms with van der Waals surface area (Å²) >= 11 is 7.21. The fourth-order valence-electron chi connectivity index (χ4n) is 3.53. The van der Waals surface area contributed by atoms with E-state index in [2.05, 4.69) is 38.8 Å². The highest BCUT2D eigenvalue weighted by atomic mass is 79.9. The lowest BCUT2D eigenvalue weighted by Crippen LogP contribution is -2.42. The van der Waals surface area contributed by atoms with Crippen molar-refractivity contribution in [3.05, 3.63) is 8.96 Å². The van der Waals surface area contributed by atoms with Gasteiger partial charge in [-0.25, -0.2) is 0 Å². The van der Waals surface area contributed by atoms with Gasteiger partial charge in [0.2, 0.25) is 0 Å². The van der Waals surface area contributed by atoms with Gasteiger partial charge in [0.25, 0.3) is 0 Å². The third-order valence-corrected chi connectivity index (χ3v) is 6.75. The molecule has 1 fully saturated rings. The smallest absolute Gasteiger partial charge is 0.185 e. The predicted octanol–water partition coefficient (Wildman–Crippen LogP) is 3.40. The van der Waals surface area contributed by atoms with E-state index in [4.69, 9.17) is 9.47 Å². The summed E-state index contributed by atoms with van der Waals surface area (Å²) in [4.78, 5) is 0. The van der Waals surface area contributed by atoms with Crippen LogP contribution in [0.4, 0.5) is 0 Å². The van der Waals surface area contributed by atoms with E-state index in [0.717, 1.165) is 28.2 Å². The lowest BCUT2D eigenvalue weighted by atomic mass is 9.86. The van der Waals surface area contributed by atoms with Gasteiger partial charge in [0.1, 0.15) is 0 Å². The molecule has 1 N–H and O–H groups in total. The van der Waals surface area contributed by atoms with Crippen LogP contribution < -0.4 is 0 Å². The highest BCUT2D eigenvalue weighted by Gasteiger charge is 2.67. The quantitative estimate of drug-likeness (QED) is 0.739. The minimum atomic E-state index is -0.727. The maximum Gasteiger partial charge on any atom is 0.185 e. The van der Waals surface area contributed by atoms with Gasteiger partial charge in [-0.15, -0.1) is 0 Å². The van der Waals surface area contributed by atoms with E-state index in [1.807, 2.05) is 0 Å². The average molecular weight is 384 g/mol. The first-order chi connectivity index (χ1) is 8.55. The molecule has 2 bridgehead atoms. The van der Waals surface area contributed by atoms with Gasteiger partial charge in [-0.3, -0.25) is 0 Å². The van der Waals surface area contributed by atoms with Crippen LogP contribution in [-0.2, 0) is 9.47 Å². The summed E-state index contributed by atoms with van der Waals surface area (Å²) in [5, 5.41) is 10.5. The molecular weight excluding hydrogens is 364 g/mol. The van der Waals surface area contributed by atoms with Crippen LogP contribution in [0.1, 0.15) is 26.2 Å². The second kappa shape index (κ2) is 5.52. The molecule has 1 saturated carbocycles. The molecule has 2 aliphatic rings. The molecule has 0 aromatic rings. The van der Waals surface area contributed by atoms with E-state index >= 15 is 0 Å². The van der Waals surface area contributed by atoms with E-state index in [9.17, 15) is 5.11 Å². The van der Waals surface area contributed by atoms with Gasteiger partial charge >= 0.3 is 0 Å². The Hall–Kier alpha value is 0.580. The Morgan fingerprint density at radius 2 is 1.72 bits per heavy atom. The Kier molecular flexibility index (Phi) is 4.60. The molecule has 0 heterocycles. The standard InChI is InChI=1S/C13H20Br2O3/c1-4-5-6-7-8-10(14)11(15)9(12(7)16)13(8,17-2)18-3/h7-9,12,16H,4-6H2,1-3H3/t7-,8-,9-,12-/m0/s1. The van der Waals surface area contributed by atoms with E-state index in [1.165, 1.54) is 0 Å². The highest BCUT2D eigenvalue weighted by molar-refractivity contribution is 9.14. The zero-order valence-corrected chi connectivity index (χ0v) is 14.1. The van der Waals surface area contributed by atoms with Crippen molar-refractivity contribution in [2.75, 3.05) is 14.2 Å². The number of methoxy groups -OCH3 is 2. The molecule has 0 radical (unpaired) electrons. The minimum Gasteiger partial charge on any atom is -0.392 e. The molecule has 18 heavy (non-hydrogen) atoms. The van der Waals surface area contributed by atoms with Crippen molar-refractivity contribution >= 4 is 31.9 Å². The van der Waals surface area contributed by atoms with Crippen LogP contribution in [0.2, 0.25) is 0 Å². The second-order valence-corrected chi connectivity index (χ2v) is 6.79. The first-order valence-electron chi connectivity index (χ1n) is 6.38. The molecule has 0 spiro atoms. The van der Waals surface area contributed by atoms with Crippen LogP contribution >= 0.6 is 31.9 Å². The second-order valence-electron chi connectivity index (χ2n) is 5.08. The Morgan fingerprint density at radius 3 is 2.17 bits per heavy atom. The van der Waals surface area contributed by atoms with Crippen LogP contribution in [0.3, 0.4) is 0 Å². The Labute approximate surface area is 125 Å². The Morgan fingerprint density at radius 1 is 1.17 bits per heavy atom. The maximum atomic E-state index is 10.5. The summed E-state index contributed by atoms with van der Waals surface area (Å²) in [6.45, 7) is 2.17. The minimum absolute atomic E-state index is 0.0772. The zero-order chi connectivity index (χ0) is 13.5. The van der Waals surface area contributed by atoms with Gasteiger partial charge in [-0.2, -0.15) is 0 Å². The van der Waals surface area contributed by atoms with Crippen molar-refractivity contribution in [3.63, 3.8) is 0 Å². The topological polar surface area (TPSA) is 38.7 Å². The molecule has 0 aliphatic heterocycles. The number of fused-ring (bicyclic) bond motifs is 2. The van der Waals surface area contributed by atoms with Crippen LogP contribution in [0.15, 0.2) is 8.96 Å². The third-order valence-electron chi connectivity index (χ3n) is 4.38. The summed E-state index contributed by atoms with van der Waals surface area (Å²) < 4.78 is 13.4. The van der Waals surface area contributed by atoms with Crippen LogP contribution in [0.5, 0.6) is 0 Å². The number of aliphatic hydroxyl groups is 1. The summed E-state index contributed by atoms with van der Waals surface area (Å²) in [5.74, 6) is -0.581. The van der Waals surface area contributed by atoms with Crippen molar-refractivity contribution in [1.29, 1.82) is 0 Å². The van der Waals surface area contributed by atoms with E-state index < -0.39 is 11.9 Å². The van der Waals surface area contributed by atoms with Crippen molar-refractivity contribution in [1.82, 2.24) is 0 Å². The lowest BCUT2D eigenvalue weighted by molar-refractivity contribution is -0.236. The molecule has 104 valence electrons. The molecule has 0 unspecified atom stereocenters. The van der Waals surface area contributed by atoms with Crippen LogP contribution in [-0.4, -0.2) is 31.2 Å². The first kappa shape index (κ1) is 15.0. The van der Waals surface area contributed by atoms with Crippen molar-refractivity contribution in [2.45, 2.75) is 38.1 Å². The highest BCUT2D eigenvalue weighted by Crippen LogP contribution is 2.63. The molecule has 0 aromatic carbocycles. The normalized spacial score (nSPS) is 37.7. The predicted molar refractivity (Wildman–Crippen MR) is 77.6 cm³/mol. The number of rotatable bonds is 5. The number of halogens is 2. The van der Waals surface area contributed by atoms with Gasteiger partial charge in [0.15, 0.2) is 5.79 Å². The summed E-state index contributed by atoms with van der Waals surface area (Å²) in [6, 6.07) is 0. The number of aliphatic hydroxyl groups excluding tert-OH is 1. The molecule has 3 nitrogen and oxygen atoms in total. The van der Waals surface area contributed by atoms with Crippen molar-refractivity contribution < 1.29 is 14.6 Å². The summed E-state index contributed by atoms with van der Waals surface area (Å²) in [5.41, 5.74) is 0. The lowest BCUT2D eigenvalue weighted by Gasteiger charge is -2.32. The number of hydrogen-bond acceptors (Lipinski definition) is 3. The van der Waals surface area contributed by atoms with Crippen LogP contribution in [0.25, 0.3) is 0 Å². The van der Waals surface area contributed by atoms with Gasteiger partial charge in [0, 0.05) is 23.2 Å². The van der Waals surface area contributed by atoms with Gasteiger partial charge in [-0.1, -0.05) is 51.6 Å². The molecule has 0 amide bonds. The Bertz CT molecular complexity index is 352. The number of unbranched alkanes of at least 4 members (excludes halogenated alkanes) is 1. The first-order valence-corrected chi connectivity index (χ1v) is 7.97. The summed E-state index contributed by atoms with van der Waals surface area (Å²) in [6.07, 6.45) is 2.85. The van der Waals surface area contributed by atoms with Crippen molar-refractivity contribution in [2.24, 2.45) is 17.8 Å². The molecule has 0 aromatic heterocycles. The fourth-order valence-corrected chi connectivity index (χ4v) is 5.27. The van der Waals surface area contributed by atoms with Gasteiger partial charge in [-0.05, 0) is 12.3 Å². The van der Waals surface area contributed by atoms with Gasteiger partial charge < -0.3 is 14.6 Å². The molecule has 2 aliphatic carbocycles. The average Bonchev–Trinajstić information content (AvgIpc) is 2.74. The Balaban J connectivity index is 2.35. The van der Waals surface area contributed by atoms with Gasteiger partial charge in [0.05, 0.1) is 17.9 Å². The van der Waals surface area contributed by atoms with E-state index in [1.54, 1.807) is 14.2 Å². The van der Waals surface area contributed by atoms with Crippen molar-refractivity contribution in [3.8, 4) is 0 Å². The molecular formula is C13H20Br2O3. The monoisotopic (exact) mass is 382 g/mol. The molecule has 5 heteroatoms. The number of hydrogen-bond donors (Lipinski definition) is 1. The maximum absolute atomic E-state index is 10.5. The molecule has 4 atom stereocenters. The largest absolute Gasteiger partial charge is 0.392 e. The zero-order valence-electron chi connectivity index (χ0n) is 11.0. The molecule has 0 saturated heterocycles. The van der Waals surface area contributed by atoms with Crippen LogP contribution in [0, 0.1) is 17.8 Å². The number of ether oxygens (including phenoxy) is 2. The SMILES string of the molecule is CCCC[C@@H]1[C@H](O)[C@@H]2C(Br)=C(Br)[C@H]1C2(OC)OC. The molecule has 2 rings (SSSR count). The van der Waals surface area contributed by atoms with E-state index in [-0.39, 0.29) is 17.8 Å². The fraction of sp³-hybridized carbons (Fsp3) is 0.846. The third kappa shape index (κ3) is 1.85. The summed E-state index contributed by atoms with van der Waals surface area (Å²) in [7, 11) is 3.31.